The zero-order chi connectivity index (χ0) is 14.1. The summed E-state index contributed by atoms with van der Waals surface area (Å²) >= 11 is 0. The molecule has 0 aliphatic carbocycles. The molecule has 1 aromatic carbocycles. The first-order chi connectivity index (χ1) is 9.65. The number of hydrogen-bond acceptors (Lipinski definition) is 4. The topological polar surface area (TPSA) is 61.4 Å². The second-order valence-corrected chi connectivity index (χ2v) is 5.21. The highest BCUT2D eigenvalue weighted by Crippen LogP contribution is 2.20. The van der Waals surface area contributed by atoms with Crippen LogP contribution >= 0.6 is 0 Å². The number of benzene rings is 1. The van der Waals surface area contributed by atoms with E-state index in [2.05, 4.69) is 0 Å². The van der Waals surface area contributed by atoms with Crippen molar-refractivity contribution in [2.75, 3.05) is 6.61 Å². The summed E-state index contributed by atoms with van der Waals surface area (Å²) in [4.78, 5) is 23.6. The molecule has 0 amide bonds. The van der Waals surface area contributed by atoms with Gasteiger partial charge in [-0.15, -0.1) is 0 Å². The lowest BCUT2D eigenvalue weighted by atomic mass is 10.0. The smallest absolute Gasteiger partial charge is 0.408 e. The highest BCUT2D eigenvalue weighted by atomic mass is 16.5. The molecule has 5 nitrogen and oxygen atoms in total. The van der Waals surface area contributed by atoms with E-state index < -0.39 is 5.76 Å². The third-order valence-corrected chi connectivity index (χ3v) is 3.83. The second-order valence-electron chi connectivity index (χ2n) is 5.21. The van der Waals surface area contributed by atoms with Gasteiger partial charge in [0.15, 0.2) is 11.4 Å². The molecule has 20 heavy (non-hydrogen) atoms. The van der Waals surface area contributed by atoms with Gasteiger partial charge in [-0.2, -0.15) is 0 Å². The number of carbonyl (C=O) groups excluding carboxylic acids is 1. The third-order valence-electron chi connectivity index (χ3n) is 3.83. The maximum atomic E-state index is 12.2. The zero-order valence-corrected chi connectivity index (χ0v) is 11.4. The average Bonchev–Trinajstić information content (AvgIpc) is 3.05. The summed E-state index contributed by atoms with van der Waals surface area (Å²) < 4.78 is 12.0. The molecule has 0 saturated carbocycles. The molecular formula is C15H17NO4. The minimum absolute atomic E-state index is 0.0638. The van der Waals surface area contributed by atoms with Crippen molar-refractivity contribution in [2.45, 2.75) is 31.8 Å². The van der Waals surface area contributed by atoms with Crippen molar-refractivity contribution in [3.05, 3.63) is 34.3 Å². The normalized spacial score (nSPS) is 18.8. The summed E-state index contributed by atoms with van der Waals surface area (Å²) in [7, 11) is 1.65. The number of aryl methyl sites for hydroxylation is 1. The molecular weight excluding hydrogens is 258 g/mol. The van der Waals surface area contributed by atoms with Gasteiger partial charge in [0, 0.05) is 25.6 Å². The first kappa shape index (κ1) is 13.1. The monoisotopic (exact) mass is 275 g/mol. The Bertz CT molecular complexity index is 691. The van der Waals surface area contributed by atoms with Gasteiger partial charge < -0.3 is 9.15 Å². The van der Waals surface area contributed by atoms with E-state index in [1.54, 1.807) is 25.2 Å². The molecule has 2 aromatic rings. The van der Waals surface area contributed by atoms with Crippen LogP contribution in [-0.2, 0) is 11.8 Å². The summed E-state index contributed by atoms with van der Waals surface area (Å²) in [5, 5.41) is 0. The Morgan fingerprint density at radius 3 is 3.05 bits per heavy atom. The average molecular weight is 275 g/mol. The van der Waals surface area contributed by atoms with E-state index in [1.165, 1.54) is 4.57 Å². The van der Waals surface area contributed by atoms with Crippen molar-refractivity contribution in [2.24, 2.45) is 7.05 Å². The Labute approximate surface area is 116 Å². The van der Waals surface area contributed by atoms with Crippen molar-refractivity contribution >= 4 is 16.9 Å². The third kappa shape index (κ3) is 2.41. The Kier molecular flexibility index (Phi) is 3.44. The van der Waals surface area contributed by atoms with Crippen LogP contribution in [0.1, 0.15) is 36.0 Å². The van der Waals surface area contributed by atoms with Crippen LogP contribution in [0.2, 0.25) is 0 Å². The maximum Gasteiger partial charge on any atom is 0.419 e. The maximum absolute atomic E-state index is 12.2. The van der Waals surface area contributed by atoms with Crippen LogP contribution in [0.25, 0.3) is 11.1 Å². The SMILES string of the molecule is Cn1c(=O)oc2cc(C(=O)CCC3CCCO3)ccc21. The number of aromatic nitrogens is 1. The first-order valence-corrected chi connectivity index (χ1v) is 6.89. The van der Waals surface area contributed by atoms with Crippen LogP contribution in [0.4, 0.5) is 0 Å². The zero-order valence-electron chi connectivity index (χ0n) is 11.4. The quantitative estimate of drug-likeness (QED) is 0.803. The number of ether oxygens (including phenoxy) is 1. The summed E-state index contributed by atoms with van der Waals surface area (Å²) in [6.07, 6.45) is 3.57. The summed E-state index contributed by atoms with van der Waals surface area (Å²) in [5.74, 6) is -0.349. The number of nitrogens with zero attached hydrogens (tertiary/aromatic N) is 1. The van der Waals surface area contributed by atoms with Crippen molar-refractivity contribution in [1.29, 1.82) is 0 Å². The van der Waals surface area contributed by atoms with Gasteiger partial charge in [-0.3, -0.25) is 9.36 Å². The van der Waals surface area contributed by atoms with E-state index in [0.29, 0.717) is 23.1 Å². The van der Waals surface area contributed by atoms with E-state index in [1.807, 2.05) is 0 Å². The molecule has 0 N–H and O–H groups in total. The predicted molar refractivity (Wildman–Crippen MR) is 74.0 cm³/mol. The summed E-state index contributed by atoms with van der Waals surface area (Å²) in [6, 6.07) is 5.14. The highest BCUT2D eigenvalue weighted by molar-refractivity contribution is 5.98. The molecule has 1 aromatic heterocycles. The van der Waals surface area contributed by atoms with Crippen LogP contribution < -0.4 is 5.76 Å². The number of fused-ring (bicyclic) bond motifs is 1. The largest absolute Gasteiger partial charge is 0.419 e. The van der Waals surface area contributed by atoms with Crippen molar-refractivity contribution < 1.29 is 13.9 Å². The van der Waals surface area contributed by atoms with Gasteiger partial charge >= 0.3 is 5.76 Å². The number of oxazole rings is 1. The number of ketones is 1. The van der Waals surface area contributed by atoms with Crippen LogP contribution in [0.15, 0.2) is 27.4 Å². The molecule has 1 atom stereocenters. The van der Waals surface area contributed by atoms with Crippen molar-refractivity contribution in [3.63, 3.8) is 0 Å². The molecule has 106 valence electrons. The van der Waals surface area contributed by atoms with Crippen molar-refractivity contribution in [1.82, 2.24) is 4.57 Å². The number of hydrogen-bond donors (Lipinski definition) is 0. The summed E-state index contributed by atoms with van der Waals surface area (Å²) in [6.45, 7) is 0.806. The molecule has 1 saturated heterocycles. The van der Waals surface area contributed by atoms with E-state index in [4.69, 9.17) is 9.15 Å². The molecule has 1 aliphatic rings. The lowest BCUT2D eigenvalue weighted by molar-refractivity contribution is 0.0859. The lowest BCUT2D eigenvalue weighted by Crippen LogP contribution is -2.09. The lowest BCUT2D eigenvalue weighted by Gasteiger charge is -2.08. The van der Waals surface area contributed by atoms with Gasteiger partial charge in [-0.05, 0) is 37.5 Å². The molecule has 0 spiro atoms. The van der Waals surface area contributed by atoms with Crippen LogP contribution in [-0.4, -0.2) is 23.1 Å². The fourth-order valence-corrected chi connectivity index (χ4v) is 2.62. The Morgan fingerprint density at radius 1 is 1.45 bits per heavy atom. The van der Waals surface area contributed by atoms with Gasteiger partial charge in [0.05, 0.1) is 11.6 Å². The fraction of sp³-hybridized carbons (Fsp3) is 0.467. The van der Waals surface area contributed by atoms with E-state index in [-0.39, 0.29) is 11.9 Å². The van der Waals surface area contributed by atoms with Gasteiger partial charge in [0.25, 0.3) is 0 Å². The molecule has 1 unspecified atom stereocenters. The standard InChI is InChI=1S/C15H17NO4/c1-16-12-6-4-10(9-14(12)20-15(16)18)13(17)7-5-11-3-2-8-19-11/h4,6,9,11H,2-3,5,7-8H2,1H3. The van der Waals surface area contributed by atoms with Gasteiger partial charge in [0.2, 0.25) is 0 Å². The molecule has 1 aliphatic heterocycles. The minimum atomic E-state index is -0.413. The van der Waals surface area contributed by atoms with E-state index in [0.717, 1.165) is 25.9 Å². The van der Waals surface area contributed by atoms with E-state index in [9.17, 15) is 9.59 Å². The molecule has 0 radical (unpaired) electrons. The van der Waals surface area contributed by atoms with Gasteiger partial charge in [0.1, 0.15) is 0 Å². The molecule has 0 bridgehead atoms. The number of rotatable bonds is 4. The predicted octanol–water partition coefficient (Wildman–Crippen LogP) is 2.27. The van der Waals surface area contributed by atoms with Crippen molar-refractivity contribution in [3.8, 4) is 0 Å². The van der Waals surface area contributed by atoms with E-state index >= 15 is 0 Å². The minimum Gasteiger partial charge on any atom is -0.408 e. The van der Waals surface area contributed by atoms with Gasteiger partial charge in [-0.25, -0.2) is 4.79 Å². The highest BCUT2D eigenvalue weighted by Gasteiger charge is 2.18. The number of Topliss-reactive ketones (excluding diaryl/α,β-unsaturated/α-hetero) is 1. The van der Waals surface area contributed by atoms with Crippen LogP contribution in [0.5, 0.6) is 0 Å². The molecule has 3 rings (SSSR count). The Hall–Kier alpha value is -1.88. The van der Waals surface area contributed by atoms with Crippen LogP contribution in [0, 0.1) is 0 Å². The first-order valence-electron chi connectivity index (χ1n) is 6.89. The second kappa shape index (κ2) is 5.25. The Balaban J connectivity index is 1.75. The fourth-order valence-electron chi connectivity index (χ4n) is 2.62. The summed E-state index contributed by atoms with van der Waals surface area (Å²) in [5.41, 5.74) is 1.75. The Morgan fingerprint density at radius 2 is 2.30 bits per heavy atom. The molecule has 5 heteroatoms. The number of carbonyl (C=O) groups is 1. The molecule has 2 heterocycles. The molecule has 1 fully saturated rings. The van der Waals surface area contributed by atoms with Gasteiger partial charge in [-0.1, -0.05) is 0 Å². The van der Waals surface area contributed by atoms with Crippen LogP contribution in [0.3, 0.4) is 0 Å².